The summed E-state index contributed by atoms with van der Waals surface area (Å²) in [6, 6.07) is -0.300. The van der Waals surface area contributed by atoms with Crippen molar-refractivity contribution in [3.63, 3.8) is 0 Å². The molecule has 3 atom stereocenters. The van der Waals surface area contributed by atoms with Crippen molar-refractivity contribution >= 4 is 23.2 Å². The van der Waals surface area contributed by atoms with E-state index in [0.29, 0.717) is 23.2 Å². The Hall–Kier alpha value is -2.72. The molecule has 10 heteroatoms. The van der Waals surface area contributed by atoms with E-state index < -0.39 is 23.7 Å². The number of carbonyl (C=O) groups excluding carboxylic acids is 1. The number of methoxy groups -OCH3 is 1. The van der Waals surface area contributed by atoms with Gasteiger partial charge in [-0.15, -0.1) is 0 Å². The highest BCUT2D eigenvalue weighted by Crippen LogP contribution is 2.40. The smallest absolute Gasteiger partial charge is 0.414 e. The molecule has 2 aromatic heterocycles. The van der Waals surface area contributed by atoms with E-state index >= 15 is 0 Å². The summed E-state index contributed by atoms with van der Waals surface area (Å²) in [5, 5.41) is 22.2. The van der Waals surface area contributed by atoms with E-state index in [2.05, 4.69) is 26.8 Å². The van der Waals surface area contributed by atoms with Gasteiger partial charge in [-0.25, -0.2) is 9.78 Å². The SMILES string of the molecule is C=C1C(CO)C(O)CC1n1cnc2c(OC)nc(NC(=O)OC(C)(C)C)nc21. The molecule has 3 unspecified atom stereocenters. The zero-order chi connectivity index (χ0) is 20.6. The molecule has 0 bridgehead atoms. The Morgan fingerprint density at radius 1 is 1.43 bits per heavy atom. The number of nitrogens with zero attached hydrogens (tertiary/aromatic N) is 4. The van der Waals surface area contributed by atoms with Crippen molar-refractivity contribution < 1.29 is 24.5 Å². The van der Waals surface area contributed by atoms with Gasteiger partial charge in [-0.1, -0.05) is 6.58 Å². The van der Waals surface area contributed by atoms with Crippen molar-refractivity contribution in [3.05, 3.63) is 18.5 Å². The third-order valence-corrected chi connectivity index (χ3v) is 4.56. The molecular formula is C18H25N5O5. The molecule has 1 amide bonds. The first kappa shape index (κ1) is 20.0. The average Bonchev–Trinajstić information content (AvgIpc) is 3.12. The van der Waals surface area contributed by atoms with Gasteiger partial charge >= 0.3 is 6.09 Å². The van der Waals surface area contributed by atoms with Crippen LogP contribution in [0.2, 0.25) is 0 Å². The third-order valence-electron chi connectivity index (χ3n) is 4.56. The molecule has 10 nitrogen and oxygen atoms in total. The molecule has 0 aliphatic heterocycles. The molecule has 1 aliphatic carbocycles. The van der Waals surface area contributed by atoms with Gasteiger partial charge < -0.3 is 24.3 Å². The van der Waals surface area contributed by atoms with Crippen molar-refractivity contribution in [1.29, 1.82) is 0 Å². The summed E-state index contributed by atoms with van der Waals surface area (Å²) in [4.78, 5) is 24.9. The Morgan fingerprint density at radius 2 is 2.14 bits per heavy atom. The van der Waals surface area contributed by atoms with Gasteiger partial charge in [0.1, 0.15) is 5.60 Å². The Labute approximate surface area is 162 Å². The molecule has 152 valence electrons. The van der Waals surface area contributed by atoms with Crippen molar-refractivity contribution in [3.8, 4) is 5.88 Å². The number of imidazole rings is 1. The second kappa shape index (κ2) is 7.36. The number of anilines is 1. The highest BCUT2D eigenvalue weighted by molar-refractivity contribution is 5.85. The highest BCUT2D eigenvalue weighted by atomic mass is 16.6. The molecule has 0 saturated heterocycles. The van der Waals surface area contributed by atoms with E-state index in [4.69, 9.17) is 9.47 Å². The largest absolute Gasteiger partial charge is 0.479 e. The first-order chi connectivity index (χ1) is 13.1. The van der Waals surface area contributed by atoms with Crippen molar-refractivity contribution in [2.45, 2.75) is 44.9 Å². The normalized spacial score (nSPS) is 22.5. The Bertz CT molecular complexity index is 904. The number of rotatable bonds is 4. The predicted octanol–water partition coefficient (Wildman–Crippen LogP) is 1.65. The van der Waals surface area contributed by atoms with Crippen molar-refractivity contribution in [2.75, 3.05) is 19.0 Å². The molecule has 1 fully saturated rings. The molecule has 1 saturated carbocycles. The number of hydrogen-bond donors (Lipinski definition) is 3. The van der Waals surface area contributed by atoms with Crippen LogP contribution in [0.3, 0.4) is 0 Å². The first-order valence-electron chi connectivity index (χ1n) is 8.90. The molecule has 0 spiro atoms. The van der Waals surface area contributed by atoms with Gasteiger partial charge in [0, 0.05) is 5.92 Å². The zero-order valence-electron chi connectivity index (χ0n) is 16.3. The maximum Gasteiger partial charge on any atom is 0.414 e. The second-order valence-electron chi connectivity index (χ2n) is 7.69. The van der Waals surface area contributed by atoms with Gasteiger partial charge in [-0.2, -0.15) is 9.97 Å². The molecule has 1 aliphatic rings. The van der Waals surface area contributed by atoms with Gasteiger partial charge in [0.25, 0.3) is 0 Å². The van der Waals surface area contributed by atoms with Crippen LogP contribution in [0.1, 0.15) is 33.2 Å². The van der Waals surface area contributed by atoms with E-state index in [1.807, 2.05) is 0 Å². The molecule has 3 N–H and O–H groups in total. The van der Waals surface area contributed by atoms with E-state index in [-0.39, 0.29) is 24.5 Å². The van der Waals surface area contributed by atoms with Crippen LogP contribution in [0.15, 0.2) is 18.5 Å². The van der Waals surface area contributed by atoms with Crippen LogP contribution in [0.5, 0.6) is 5.88 Å². The number of aliphatic hydroxyl groups is 2. The van der Waals surface area contributed by atoms with E-state index in [0.717, 1.165) is 0 Å². The minimum absolute atomic E-state index is 0.00298. The van der Waals surface area contributed by atoms with Gasteiger partial charge in [-0.05, 0) is 32.8 Å². The summed E-state index contributed by atoms with van der Waals surface area (Å²) >= 11 is 0. The van der Waals surface area contributed by atoms with Gasteiger partial charge in [0.15, 0.2) is 11.2 Å². The number of aromatic nitrogens is 4. The van der Waals surface area contributed by atoms with Gasteiger partial charge in [0.05, 0.1) is 32.2 Å². The minimum Gasteiger partial charge on any atom is -0.479 e. The lowest BCUT2D eigenvalue weighted by Gasteiger charge is -2.19. The maximum absolute atomic E-state index is 12.1. The first-order valence-corrected chi connectivity index (χ1v) is 8.90. The second-order valence-corrected chi connectivity index (χ2v) is 7.69. The van der Waals surface area contributed by atoms with E-state index in [1.165, 1.54) is 7.11 Å². The number of hydrogen-bond acceptors (Lipinski definition) is 8. The molecule has 2 aromatic rings. The summed E-state index contributed by atoms with van der Waals surface area (Å²) in [5.74, 6) is -0.216. The fourth-order valence-corrected chi connectivity index (χ4v) is 3.28. The topological polar surface area (TPSA) is 132 Å². The number of aliphatic hydroxyl groups excluding tert-OH is 2. The molecule has 0 radical (unpaired) electrons. The van der Waals surface area contributed by atoms with Crippen LogP contribution >= 0.6 is 0 Å². The molecule has 2 heterocycles. The Morgan fingerprint density at radius 3 is 2.71 bits per heavy atom. The fraction of sp³-hybridized carbons (Fsp3) is 0.556. The van der Waals surface area contributed by atoms with Crippen LogP contribution in [-0.4, -0.2) is 61.2 Å². The van der Waals surface area contributed by atoms with Crippen LogP contribution in [0, 0.1) is 5.92 Å². The number of carbonyl (C=O) groups is 1. The lowest BCUT2D eigenvalue weighted by molar-refractivity contribution is 0.0634. The van der Waals surface area contributed by atoms with Gasteiger partial charge in [0.2, 0.25) is 11.8 Å². The average molecular weight is 391 g/mol. The lowest BCUT2D eigenvalue weighted by atomic mass is 10.0. The van der Waals surface area contributed by atoms with Crippen LogP contribution < -0.4 is 10.1 Å². The summed E-state index contributed by atoms with van der Waals surface area (Å²) in [7, 11) is 1.44. The lowest BCUT2D eigenvalue weighted by Crippen LogP contribution is -2.28. The van der Waals surface area contributed by atoms with Crippen LogP contribution in [-0.2, 0) is 4.74 Å². The van der Waals surface area contributed by atoms with E-state index in [9.17, 15) is 15.0 Å². The van der Waals surface area contributed by atoms with Crippen molar-refractivity contribution in [2.24, 2.45) is 5.92 Å². The third kappa shape index (κ3) is 3.78. The summed E-state index contributed by atoms with van der Waals surface area (Å²) in [6.07, 6.45) is 0.530. The fourth-order valence-electron chi connectivity index (χ4n) is 3.28. The zero-order valence-corrected chi connectivity index (χ0v) is 16.3. The summed E-state index contributed by atoms with van der Waals surface area (Å²) < 4.78 is 12.3. The van der Waals surface area contributed by atoms with Crippen LogP contribution in [0.25, 0.3) is 11.2 Å². The predicted molar refractivity (Wildman–Crippen MR) is 101 cm³/mol. The standard InChI is InChI=1S/C18H25N5O5/c1-9-10(7-24)12(25)6-11(9)23-8-19-13-14(23)20-16(21-15(13)27-5)22-17(26)28-18(2,3)4/h8,10-12,24-25H,1,6-7H2,2-5H3,(H,20,21,22,26). The Balaban J connectivity index is 1.98. The Kier molecular flexibility index (Phi) is 5.26. The maximum atomic E-state index is 12.1. The quantitative estimate of drug-likeness (QED) is 0.671. The molecule has 3 rings (SSSR count). The minimum atomic E-state index is -0.706. The summed E-state index contributed by atoms with van der Waals surface area (Å²) in [5.41, 5.74) is 0.840. The molecule has 28 heavy (non-hydrogen) atoms. The number of fused-ring (bicyclic) bond motifs is 1. The number of ether oxygens (including phenoxy) is 2. The number of amides is 1. The van der Waals surface area contributed by atoms with Crippen LogP contribution in [0.4, 0.5) is 10.7 Å². The monoisotopic (exact) mass is 391 g/mol. The molecular weight excluding hydrogens is 366 g/mol. The highest BCUT2D eigenvalue weighted by Gasteiger charge is 2.38. The molecule has 0 aromatic carbocycles. The number of nitrogens with one attached hydrogen (secondary N) is 1. The summed E-state index contributed by atoms with van der Waals surface area (Å²) in [6.45, 7) is 9.09. The van der Waals surface area contributed by atoms with E-state index in [1.54, 1.807) is 31.7 Å². The van der Waals surface area contributed by atoms with Crippen molar-refractivity contribution in [1.82, 2.24) is 19.5 Å². The van der Waals surface area contributed by atoms with Gasteiger partial charge in [-0.3, -0.25) is 5.32 Å².